The fraction of sp³-hybridized carbons (Fsp3) is 0.400. The number of carbonyl (C=O) groups is 1. The summed E-state index contributed by atoms with van der Waals surface area (Å²) in [5.41, 5.74) is 0.846. The maximum absolute atomic E-state index is 13.3. The quantitative estimate of drug-likeness (QED) is 0.168. The van der Waals surface area contributed by atoms with Crippen LogP contribution in [0, 0.1) is 0 Å². The van der Waals surface area contributed by atoms with Crippen molar-refractivity contribution >= 4 is 11.9 Å². The van der Waals surface area contributed by atoms with E-state index in [0.717, 1.165) is 0 Å². The number of rotatable bonds is 18. The molecule has 0 aliphatic rings. The number of allylic oxidation sites excluding steroid dienone is 1. The van der Waals surface area contributed by atoms with E-state index in [0.29, 0.717) is 22.8 Å². The van der Waals surface area contributed by atoms with Crippen LogP contribution in [0.5, 0.6) is 28.7 Å². The van der Waals surface area contributed by atoms with Crippen LogP contribution in [-0.2, 0) is 23.7 Å². The lowest BCUT2D eigenvalue weighted by Crippen LogP contribution is -2.10. The van der Waals surface area contributed by atoms with Crippen molar-refractivity contribution in [1.29, 1.82) is 0 Å². The second-order valence-electron chi connectivity index (χ2n) is 6.95. The molecule has 2 rings (SSSR count). The Morgan fingerprint density at radius 2 is 1.08 bits per heavy atom. The van der Waals surface area contributed by atoms with Crippen LogP contribution in [0.4, 0.5) is 0 Å². The summed E-state index contributed by atoms with van der Waals surface area (Å²) in [6, 6.07) is 8.28. The molecule has 198 valence electrons. The summed E-state index contributed by atoms with van der Waals surface area (Å²) < 4.78 is 52.8. The van der Waals surface area contributed by atoms with Crippen molar-refractivity contribution < 1.29 is 52.2 Å². The third kappa shape index (κ3) is 9.02. The number of carbonyl (C=O) groups excluding carboxylic acids is 1. The number of ether oxygens (including phenoxy) is 10. The summed E-state index contributed by atoms with van der Waals surface area (Å²) in [6.45, 7) is -0.115. The molecule has 0 heterocycles. The predicted molar refractivity (Wildman–Crippen MR) is 129 cm³/mol. The highest BCUT2D eigenvalue weighted by atomic mass is 16.7. The van der Waals surface area contributed by atoms with Crippen molar-refractivity contribution in [3.8, 4) is 28.7 Å². The van der Waals surface area contributed by atoms with Gasteiger partial charge in [-0.15, -0.1) is 0 Å². The zero-order valence-electron chi connectivity index (χ0n) is 21.1. The van der Waals surface area contributed by atoms with Gasteiger partial charge in [-0.2, -0.15) is 0 Å². The molecule has 36 heavy (non-hydrogen) atoms. The average Bonchev–Trinajstić information content (AvgIpc) is 2.90. The fourth-order valence-corrected chi connectivity index (χ4v) is 2.85. The molecular formula is C25H32O11. The Balaban J connectivity index is 2.39. The van der Waals surface area contributed by atoms with Gasteiger partial charge in [0.05, 0.1) is 0 Å². The Morgan fingerprint density at radius 3 is 1.61 bits per heavy atom. The molecule has 2 aromatic carbocycles. The number of ketones is 1. The first kappa shape index (κ1) is 28.9. The van der Waals surface area contributed by atoms with Gasteiger partial charge in [0.2, 0.25) is 0 Å². The van der Waals surface area contributed by atoms with Crippen LogP contribution < -0.4 is 23.7 Å². The van der Waals surface area contributed by atoms with Crippen LogP contribution in [0.15, 0.2) is 36.4 Å². The van der Waals surface area contributed by atoms with E-state index in [9.17, 15) is 4.79 Å². The minimum Gasteiger partial charge on any atom is -0.467 e. The summed E-state index contributed by atoms with van der Waals surface area (Å²) in [5.74, 6) is 1.30. The van der Waals surface area contributed by atoms with E-state index in [1.165, 1.54) is 41.6 Å². The van der Waals surface area contributed by atoms with E-state index in [4.69, 9.17) is 47.4 Å². The van der Waals surface area contributed by atoms with Crippen molar-refractivity contribution in [3.05, 3.63) is 47.5 Å². The summed E-state index contributed by atoms with van der Waals surface area (Å²) in [7, 11) is 7.46. The van der Waals surface area contributed by atoms with E-state index in [1.807, 2.05) is 0 Å². The van der Waals surface area contributed by atoms with Crippen molar-refractivity contribution in [3.63, 3.8) is 0 Å². The molecule has 0 saturated carbocycles. The van der Waals surface area contributed by atoms with Crippen molar-refractivity contribution in [2.45, 2.75) is 0 Å². The molecule has 0 N–H and O–H groups in total. The minimum absolute atomic E-state index is 0.00179. The summed E-state index contributed by atoms with van der Waals surface area (Å²) in [6.07, 6.45) is 3.01. The van der Waals surface area contributed by atoms with Crippen LogP contribution in [-0.4, -0.2) is 75.3 Å². The van der Waals surface area contributed by atoms with E-state index in [2.05, 4.69) is 0 Å². The molecule has 0 aliphatic heterocycles. The predicted octanol–water partition coefficient (Wildman–Crippen LogP) is 3.50. The van der Waals surface area contributed by atoms with Gasteiger partial charge in [0, 0.05) is 47.7 Å². The molecule has 0 atom stereocenters. The normalized spacial score (nSPS) is 10.9. The molecule has 0 saturated heterocycles. The molecule has 0 fully saturated rings. The SMILES string of the molecule is COCOc1cc(OCOC)c(C(=O)/C=C/c2ccc(OCOC)c(OCOC)c2)c(OCOC)c1. The third-order valence-corrected chi connectivity index (χ3v) is 4.35. The lowest BCUT2D eigenvalue weighted by atomic mass is 10.1. The van der Waals surface area contributed by atoms with Gasteiger partial charge in [0.15, 0.2) is 51.2 Å². The Kier molecular flexibility index (Phi) is 13.1. The van der Waals surface area contributed by atoms with Gasteiger partial charge in [0.1, 0.15) is 22.8 Å². The highest BCUT2D eigenvalue weighted by Gasteiger charge is 2.20. The Bertz CT molecular complexity index is 945. The third-order valence-electron chi connectivity index (χ3n) is 4.35. The number of benzene rings is 2. The van der Waals surface area contributed by atoms with Gasteiger partial charge in [-0.25, -0.2) is 0 Å². The van der Waals surface area contributed by atoms with Crippen LogP contribution in [0.2, 0.25) is 0 Å². The van der Waals surface area contributed by atoms with Gasteiger partial charge < -0.3 is 47.4 Å². The lowest BCUT2D eigenvalue weighted by Gasteiger charge is -2.16. The van der Waals surface area contributed by atoms with Crippen molar-refractivity contribution in [1.82, 2.24) is 0 Å². The van der Waals surface area contributed by atoms with E-state index in [1.54, 1.807) is 36.4 Å². The first-order valence-corrected chi connectivity index (χ1v) is 10.7. The van der Waals surface area contributed by atoms with Gasteiger partial charge in [0.25, 0.3) is 0 Å². The minimum atomic E-state index is -0.385. The van der Waals surface area contributed by atoms with Crippen LogP contribution in [0.3, 0.4) is 0 Å². The Morgan fingerprint density at radius 1 is 0.611 bits per heavy atom. The topological polar surface area (TPSA) is 109 Å². The van der Waals surface area contributed by atoms with E-state index >= 15 is 0 Å². The average molecular weight is 509 g/mol. The molecule has 0 unspecified atom stereocenters. The van der Waals surface area contributed by atoms with Crippen LogP contribution in [0.25, 0.3) is 6.08 Å². The molecular weight excluding hydrogens is 476 g/mol. The maximum atomic E-state index is 13.3. The van der Waals surface area contributed by atoms with Gasteiger partial charge >= 0.3 is 0 Å². The highest BCUT2D eigenvalue weighted by Crippen LogP contribution is 2.36. The number of hydrogen-bond acceptors (Lipinski definition) is 11. The number of methoxy groups -OCH3 is 5. The molecule has 11 nitrogen and oxygen atoms in total. The van der Waals surface area contributed by atoms with Gasteiger partial charge in [-0.3, -0.25) is 4.79 Å². The highest BCUT2D eigenvalue weighted by molar-refractivity contribution is 6.10. The zero-order valence-corrected chi connectivity index (χ0v) is 21.1. The molecule has 11 heteroatoms. The Hall–Kier alpha value is -3.35. The lowest BCUT2D eigenvalue weighted by molar-refractivity contribution is 0.0322. The van der Waals surface area contributed by atoms with Crippen LogP contribution >= 0.6 is 0 Å². The smallest absolute Gasteiger partial charge is 0.193 e. The monoisotopic (exact) mass is 508 g/mol. The largest absolute Gasteiger partial charge is 0.467 e. The summed E-state index contributed by atoms with van der Waals surface area (Å²) in [5, 5.41) is 0. The zero-order chi connectivity index (χ0) is 26.2. The van der Waals surface area contributed by atoms with Gasteiger partial charge in [-0.05, 0) is 23.8 Å². The first-order valence-electron chi connectivity index (χ1n) is 10.7. The molecule has 0 aliphatic carbocycles. The molecule has 2 aromatic rings. The van der Waals surface area contributed by atoms with Crippen molar-refractivity contribution in [2.24, 2.45) is 0 Å². The van der Waals surface area contributed by atoms with E-state index < -0.39 is 0 Å². The molecule has 0 aromatic heterocycles. The number of hydrogen-bond donors (Lipinski definition) is 0. The second-order valence-corrected chi connectivity index (χ2v) is 6.95. The standard InChI is InChI=1S/C25H32O11/c1-27-13-32-19-11-23(35-16-30-4)25(24(12-19)36-17-31-5)20(26)8-6-18-7-9-21(33-14-28-2)22(10-18)34-15-29-3/h6-12H,13-17H2,1-5H3/b8-6+. The Labute approximate surface area is 210 Å². The molecule has 0 spiro atoms. The second kappa shape index (κ2) is 16.3. The van der Waals surface area contributed by atoms with Crippen molar-refractivity contribution in [2.75, 3.05) is 69.5 Å². The fourth-order valence-electron chi connectivity index (χ4n) is 2.85. The molecule has 0 radical (unpaired) electrons. The first-order chi connectivity index (χ1) is 17.6. The summed E-state index contributed by atoms with van der Waals surface area (Å²) in [4.78, 5) is 13.3. The molecule has 0 bridgehead atoms. The van der Waals surface area contributed by atoms with Gasteiger partial charge in [-0.1, -0.05) is 12.1 Å². The van der Waals surface area contributed by atoms with E-state index in [-0.39, 0.29) is 56.8 Å². The maximum Gasteiger partial charge on any atom is 0.193 e. The van der Waals surface area contributed by atoms with Crippen LogP contribution in [0.1, 0.15) is 15.9 Å². The molecule has 0 amide bonds. The summed E-state index contributed by atoms with van der Waals surface area (Å²) >= 11 is 0.